The number of hydrogen-bond acceptors (Lipinski definition) is 4. The van der Waals surface area contributed by atoms with Crippen molar-refractivity contribution in [2.45, 2.75) is 18.9 Å². The molecular weight excluding hydrogens is 206 g/mol. The Kier molecular flexibility index (Phi) is 4.15. The van der Waals surface area contributed by atoms with Gasteiger partial charge >= 0.3 is 0 Å². The van der Waals surface area contributed by atoms with E-state index in [-0.39, 0.29) is 6.61 Å². The molecule has 0 aromatic heterocycles. The minimum atomic E-state index is -0.400. The van der Waals surface area contributed by atoms with Gasteiger partial charge in [0.1, 0.15) is 6.61 Å². The molecule has 3 heterocycles. The van der Waals surface area contributed by atoms with E-state index in [1.165, 1.54) is 32.5 Å². The maximum absolute atomic E-state index is 10.4. The Balaban J connectivity index is 1.58. The van der Waals surface area contributed by atoms with Crippen LogP contribution in [-0.4, -0.2) is 56.2 Å². The van der Waals surface area contributed by atoms with Crippen LogP contribution in [0.2, 0.25) is 0 Å². The second-order valence-electron chi connectivity index (χ2n) is 4.72. The highest BCUT2D eigenvalue weighted by molar-refractivity contribution is 5.74. The summed E-state index contributed by atoms with van der Waals surface area (Å²) in [7, 11) is 0. The average Bonchev–Trinajstić information content (AvgIpc) is 2.30. The second-order valence-corrected chi connectivity index (χ2v) is 4.72. The predicted molar refractivity (Wildman–Crippen MR) is 61.0 cm³/mol. The van der Waals surface area contributed by atoms with Gasteiger partial charge in [-0.15, -0.1) is 0 Å². The number of nitrogens with two attached hydrogens (primary N) is 1. The lowest BCUT2D eigenvalue weighted by molar-refractivity contribution is -0.122. The number of piperidine rings is 3. The van der Waals surface area contributed by atoms with E-state index < -0.39 is 5.91 Å². The summed E-state index contributed by atoms with van der Waals surface area (Å²) in [6, 6.07) is 0.611. The Labute approximate surface area is 96.3 Å². The lowest BCUT2D eigenvalue weighted by Gasteiger charge is -2.45. The van der Waals surface area contributed by atoms with Gasteiger partial charge in [0.25, 0.3) is 0 Å². The van der Waals surface area contributed by atoms with E-state index in [1.807, 2.05) is 0 Å². The van der Waals surface area contributed by atoms with Crippen LogP contribution in [0.3, 0.4) is 0 Å². The van der Waals surface area contributed by atoms with Gasteiger partial charge in [-0.05, 0) is 31.8 Å². The van der Waals surface area contributed by atoms with Crippen molar-refractivity contribution in [2.24, 2.45) is 11.7 Å². The van der Waals surface area contributed by atoms with Crippen molar-refractivity contribution in [3.05, 3.63) is 0 Å². The fourth-order valence-electron chi connectivity index (χ4n) is 2.69. The number of rotatable bonds is 6. The highest BCUT2D eigenvalue weighted by atomic mass is 16.5. The fraction of sp³-hybridized carbons (Fsp3) is 0.909. The summed E-state index contributed by atoms with van der Waals surface area (Å²) >= 11 is 0. The standard InChI is InChI=1S/C11H21N3O2/c12-11(15)8-16-6-3-13-10-7-14-4-1-9(10)2-5-14/h9-10,13H,1-8H2,(H2,12,15). The summed E-state index contributed by atoms with van der Waals surface area (Å²) in [5.74, 6) is 0.434. The monoisotopic (exact) mass is 227 g/mol. The molecule has 3 aliphatic rings. The van der Waals surface area contributed by atoms with Crippen LogP contribution in [0.1, 0.15) is 12.8 Å². The molecule has 5 nitrogen and oxygen atoms in total. The molecule has 1 atom stereocenters. The maximum atomic E-state index is 10.4. The number of primary amides is 1. The van der Waals surface area contributed by atoms with Gasteiger partial charge in [-0.25, -0.2) is 0 Å². The van der Waals surface area contributed by atoms with Crippen LogP contribution in [0, 0.1) is 5.92 Å². The highest BCUT2D eigenvalue weighted by Crippen LogP contribution is 2.27. The third-order valence-electron chi connectivity index (χ3n) is 3.55. The van der Waals surface area contributed by atoms with Gasteiger partial charge in [0.15, 0.2) is 0 Å². The summed E-state index contributed by atoms with van der Waals surface area (Å²) < 4.78 is 5.12. The Hall–Kier alpha value is -0.650. The fourth-order valence-corrected chi connectivity index (χ4v) is 2.69. The minimum absolute atomic E-state index is 0.0297. The smallest absolute Gasteiger partial charge is 0.243 e. The SMILES string of the molecule is NC(=O)COCCNC1CN2CCC1CC2. The lowest BCUT2D eigenvalue weighted by atomic mass is 9.84. The number of ether oxygens (including phenoxy) is 1. The zero-order chi connectivity index (χ0) is 11.4. The third-order valence-corrected chi connectivity index (χ3v) is 3.55. The van der Waals surface area contributed by atoms with E-state index in [9.17, 15) is 4.79 Å². The number of fused-ring (bicyclic) bond motifs is 3. The molecule has 1 amide bonds. The quantitative estimate of drug-likeness (QED) is 0.581. The number of carbonyl (C=O) groups is 1. The van der Waals surface area contributed by atoms with Gasteiger partial charge in [-0.3, -0.25) is 4.79 Å². The van der Waals surface area contributed by atoms with Crippen LogP contribution in [-0.2, 0) is 9.53 Å². The summed E-state index contributed by atoms with van der Waals surface area (Å²) in [6.07, 6.45) is 2.64. The van der Waals surface area contributed by atoms with Gasteiger partial charge in [-0.1, -0.05) is 0 Å². The highest BCUT2D eigenvalue weighted by Gasteiger charge is 2.33. The van der Waals surface area contributed by atoms with Crippen LogP contribution in [0.5, 0.6) is 0 Å². The molecule has 0 aliphatic carbocycles. The van der Waals surface area contributed by atoms with E-state index in [1.54, 1.807) is 0 Å². The number of nitrogens with one attached hydrogen (secondary N) is 1. The topological polar surface area (TPSA) is 67.6 Å². The van der Waals surface area contributed by atoms with Gasteiger partial charge in [0.05, 0.1) is 6.61 Å². The van der Waals surface area contributed by atoms with Crippen molar-refractivity contribution in [3.63, 3.8) is 0 Å². The maximum Gasteiger partial charge on any atom is 0.243 e. The van der Waals surface area contributed by atoms with E-state index in [0.29, 0.717) is 12.6 Å². The summed E-state index contributed by atoms with van der Waals surface area (Å²) in [6.45, 7) is 5.10. The molecule has 3 N–H and O–H groups in total. The van der Waals surface area contributed by atoms with E-state index >= 15 is 0 Å². The normalized spacial score (nSPS) is 32.9. The summed E-state index contributed by atoms with van der Waals surface area (Å²) in [4.78, 5) is 13.0. The van der Waals surface area contributed by atoms with Crippen LogP contribution >= 0.6 is 0 Å². The minimum Gasteiger partial charge on any atom is -0.370 e. The molecular formula is C11H21N3O2. The van der Waals surface area contributed by atoms with E-state index in [0.717, 1.165) is 12.5 Å². The molecule has 0 aromatic rings. The summed E-state index contributed by atoms with van der Waals surface area (Å²) in [5.41, 5.74) is 4.98. The molecule has 0 saturated carbocycles. The van der Waals surface area contributed by atoms with Crippen LogP contribution in [0.15, 0.2) is 0 Å². The molecule has 3 rings (SSSR count). The Morgan fingerprint density at radius 3 is 2.75 bits per heavy atom. The first-order valence-corrected chi connectivity index (χ1v) is 6.07. The van der Waals surface area contributed by atoms with E-state index in [4.69, 9.17) is 10.5 Å². The van der Waals surface area contributed by atoms with Crippen LogP contribution in [0.4, 0.5) is 0 Å². The molecule has 3 saturated heterocycles. The molecule has 0 spiro atoms. The molecule has 92 valence electrons. The lowest BCUT2D eigenvalue weighted by Crippen LogP contribution is -2.56. The van der Waals surface area contributed by atoms with Crippen molar-refractivity contribution in [3.8, 4) is 0 Å². The molecule has 16 heavy (non-hydrogen) atoms. The van der Waals surface area contributed by atoms with Crippen molar-refractivity contribution in [2.75, 3.05) is 39.4 Å². The Morgan fingerprint density at radius 1 is 1.44 bits per heavy atom. The van der Waals surface area contributed by atoms with Crippen molar-refractivity contribution in [1.29, 1.82) is 0 Å². The molecule has 3 aliphatic heterocycles. The Bertz CT molecular complexity index is 239. The second kappa shape index (κ2) is 5.61. The first-order valence-electron chi connectivity index (χ1n) is 6.07. The number of nitrogens with zero attached hydrogens (tertiary/aromatic N) is 1. The van der Waals surface area contributed by atoms with Gasteiger partial charge in [0, 0.05) is 19.1 Å². The zero-order valence-corrected chi connectivity index (χ0v) is 9.65. The largest absolute Gasteiger partial charge is 0.370 e. The molecule has 3 fully saturated rings. The average molecular weight is 227 g/mol. The van der Waals surface area contributed by atoms with Crippen molar-refractivity contribution < 1.29 is 9.53 Å². The van der Waals surface area contributed by atoms with E-state index in [2.05, 4.69) is 10.2 Å². The first kappa shape index (κ1) is 11.8. The van der Waals surface area contributed by atoms with Crippen molar-refractivity contribution in [1.82, 2.24) is 10.2 Å². The van der Waals surface area contributed by atoms with Gasteiger partial charge < -0.3 is 20.7 Å². The molecule has 2 bridgehead atoms. The van der Waals surface area contributed by atoms with Gasteiger partial charge in [-0.2, -0.15) is 0 Å². The van der Waals surface area contributed by atoms with Crippen LogP contribution < -0.4 is 11.1 Å². The number of hydrogen-bond donors (Lipinski definition) is 2. The number of amides is 1. The molecule has 0 radical (unpaired) electrons. The molecule has 1 unspecified atom stereocenters. The summed E-state index contributed by atoms with van der Waals surface area (Å²) in [5, 5.41) is 3.51. The van der Waals surface area contributed by atoms with Gasteiger partial charge in [0.2, 0.25) is 5.91 Å². The number of carbonyl (C=O) groups excluding carboxylic acids is 1. The molecule has 5 heteroatoms. The van der Waals surface area contributed by atoms with Crippen LogP contribution in [0.25, 0.3) is 0 Å². The molecule has 0 aromatic carbocycles. The Morgan fingerprint density at radius 2 is 2.19 bits per heavy atom. The predicted octanol–water partition coefficient (Wildman–Crippen LogP) is -0.828. The first-order chi connectivity index (χ1) is 7.75. The zero-order valence-electron chi connectivity index (χ0n) is 9.65. The van der Waals surface area contributed by atoms with Crippen molar-refractivity contribution >= 4 is 5.91 Å². The third kappa shape index (κ3) is 3.17.